The predicted octanol–water partition coefficient (Wildman–Crippen LogP) is 4.08. The number of fused-ring (bicyclic) bond motifs is 1. The molecule has 1 aromatic heterocycles. The van der Waals surface area contributed by atoms with Crippen LogP contribution < -0.4 is 4.74 Å². The first kappa shape index (κ1) is 12.6. The molecule has 5 heteroatoms. The van der Waals surface area contributed by atoms with Crippen LogP contribution in [-0.4, -0.2) is 10.2 Å². The Labute approximate surface area is 114 Å². The molecule has 102 valence electrons. The lowest BCUT2D eigenvalue weighted by Crippen LogP contribution is -1.94. The molecule has 3 aromatic rings. The third kappa shape index (κ3) is 2.47. The largest absolute Gasteiger partial charge is 0.489 e. The number of halogens is 2. The van der Waals surface area contributed by atoms with Crippen LogP contribution >= 0.6 is 0 Å². The van der Waals surface area contributed by atoms with Crippen molar-refractivity contribution in [2.75, 3.05) is 0 Å². The molecular formula is C15H12F2N2O. The van der Waals surface area contributed by atoms with Crippen molar-refractivity contribution < 1.29 is 13.5 Å². The van der Waals surface area contributed by atoms with Gasteiger partial charge >= 0.3 is 0 Å². The summed E-state index contributed by atoms with van der Waals surface area (Å²) in [5.41, 5.74) is 1.35. The monoisotopic (exact) mass is 274 g/mol. The van der Waals surface area contributed by atoms with Gasteiger partial charge in [-0.15, -0.1) is 0 Å². The lowest BCUT2D eigenvalue weighted by Gasteiger charge is -2.06. The molecule has 0 unspecified atom stereocenters. The first-order valence-electron chi connectivity index (χ1n) is 6.17. The molecular weight excluding hydrogens is 262 g/mol. The maximum atomic E-state index is 12.8. The molecule has 0 fully saturated rings. The molecule has 0 aliphatic rings. The van der Waals surface area contributed by atoms with Crippen LogP contribution in [0.1, 0.15) is 17.7 Å². The van der Waals surface area contributed by atoms with Crippen LogP contribution in [0.2, 0.25) is 0 Å². The molecule has 1 N–H and O–H groups in total. The van der Waals surface area contributed by atoms with Gasteiger partial charge in [0.2, 0.25) is 0 Å². The number of H-pyrrole nitrogens is 1. The van der Waals surface area contributed by atoms with E-state index >= 15 is 0 Å². The highest BCUT2D eigenvalue weighted by Gasteiger charge is 2.15. The summed E-state index contributed by atoms with van der Waals surface area (Å²) in [5, 5.41) is 6.59. The van der Waals surface area contributed by atoms with Gasteiger partial charge in [0.15, 0.2) is 0 Å². The van der Waals surface area contributed by atoms with Crippen LogP contribution in [-0.2, 0) is 6.61 Å². The van der Waals surface area contributed by atoms with Crippen molar-refractivity contribution in [1.29, 1.82) is 0 Å². The van der Waals surface area contributed by atoms with Gasteiger partial charge in [0.25, 0.3) is 6.43 Å². The lowest BCUT2D eigenvalue weighted by molar-refractivity contribution is 0.147. The SMILES string of the molecule is FC(F)c1[nH]nc2ccc(OCc3ccccc3)cc12. The number of alkyl halides is 2. The zero-order chi connectivity index (χ0) is 13.9. The van der Waals surface area contributed by atoms with E-state index in [1.54, 1.807) is 18.2 Å². The Morgan fingerprint density at radius 3 is 2.65 bits per heavy atom. The number of nitrogens with one attached hydrogen (secondary N) is 1. The number of aromatic amines is 1. The molecule has 0 aliphatic carbocycles. The first-order valence-corrected chi connectivity index (χ1v) is 6.17. The van der Waals surface area contributed by atoms with E-state index in [2.05, 4.69) is 10.2 Å². The minimum absolute atomic E-state index is 0.176. The highest BCUT2D eigenvalue weighted by molar-refractivity contribution is 5.83. The quantitative estimate of drug-likeness (QED) is 0.778. The highest BCUT2D eigenvalue weighted by atomic mass is 19.3. The second kappa shape index (κ2) is 5.28. The molecule has 20 heavy (non-hydrogen) atoms. The van der Waals surface area contributed by atoms with E-state index in [-0.39, 0.29) is 5.69 Å². The van der Waals surface area contributed by atoms with E-state index < -0.39 is 6.43 Å². The number of nitrogens with zero attached hydrogens (tertiary/aromatic N) is 1. The lowest BCUT2D eigenvalue weighted by atomic mass is 10.2. The fraction of sp³-hybridized carbons (Fsp3) is 0.133. The van der Waals surface area contributed by atoms with Gasteiger partial charge in [0.1, 0.15) is 18.1 Å². The van der Waals surface area contributed by atoms with Gasteiger partial charge in [0.05, 0.1) is 5.52 Å². The molecule has 0 spiro atoms. The summed E-state index contributed by atoms with van der Waals surface area (Å²) in [4.78, 5) is 0. The van der Waals surface area contributed by atoms with E-state index in [1.807, 2.05) is 30.3 Å². The highest BCUT2D eigenvalue weighted by Crippen LogP contribution is 2.28. The molecule has 0 saturated heterocycles. The second-order valence-corrected chi connectivity index (χ2v) is 4.39. The third-order valence-corrected chi connectivity index (χ3v) is 3.02. The molecule has 0 radical (unpaired) electrons. The number of rotatable bonds is 4. The summed E-state index contributed by atoms with van der Waals surface area (Å²) < 4.78 is 31.2. The summed E-state index contributed by atoms with van der Waals surface area (Å²) in [6.07, 6.45) is -2.58. The second-order valence-electron chi connectivity index (χ2n) is 4.39. The van der Waals surface area contributed by atoms with Crippen LogP contribution in [0, 0.1) is 0 Å². The average molecular weight is 274 g/mol. The van der Waals surface area contributed by atoms with E-state index in [9.17, 15) is 8.78 Å². The van der Waals surface area contributed by atoms with Crippen LogP contribution in [0.5, 0.6) is 5.75 Å². The van der Waals surface area contributed by atoms with Crippen molar-refractivity contribution in [1.82, 2.24) is 10.2 Å². The molecule has 2 aromatic carbocycles. The number of hydrogen-bond donors (Lipinski definition) is 1. The maximum Gasteiger partial charge on any atom is 0.280 e. The van der Waals surface area contributed by atoms with Gasteiger partial charge in [-0.1, -0.05) is 30.3 Å². The molecule has 0 amide bonds. The van der Waals surface area contributed by atoms with Crippen LogP contribution in [0.25, 0.3) is 10.9 Å². The zero-order valence-corrected chi connectivity index (χ0v) is 10.5. The van der Waals surface area contributed by atoms with Gasteiger partial charge in [-0.2, -0.15) is 5.10 Å². The number of benzene rings is 2. The summed E-state index contributed by atoms with van der Waals surface area (Å²) in [6, 6.07) is 14.6. The van der Waals surface area contributed by atoms with Gasteiger partial charge in [-0.3, -0.25) is 5.10 Å². The van der Waals surface area contributed by atoms with Gasteiger partial charge in [0, 0.05) is 5.39 Å². The van der Waals surface area contributed by atoms with Gasteiger partial charge in [-0.05, 0) is 23.8 Å². The Kier molecular flexibility index (Phi) is 3.33. The van der Waals surface area contributed by atoms with Crippen LogP contribution in [0.15, 0.2) is 48.5 Å². The Morgan fingerprint density at radius 1 is 1.10 bits per heavy atom. The van der Waals surface area contributed by atoms with Crippen molar-refractivity contribution in [3.8, 4) is 5.75 Å². The van der Waals surface area contributed by atoms with Gasteiger partial charge < -0.3 is 4.74 Å². The fourth-order valence-corrected chi connectivity index (χ4v) is 2.01. The Bertz CT molecular complexity index is 710. The summed E-state index contributed by atoms with van der Waals surface area (Å²) in [7, 11) is 0. The van der Waals surface area contributed by atoms with Crippen LogP contribution in [0.3, 0.4) is 0 Å². The van der Waals surface area contributed by atoms with Crippen LogP contribution in [0.4, 0.5) is 8.78 Å². The normalized spacial score (nSPS) is 11.2. The first-order chi connectivity index (χ1) is 9.74. The van der Waals surface area contributed by atoms with Gasteiger partial charge in [-0.25, -0.2) is 8.78 Å². The topological polar surface area (TPSA) is 37.9 Å². The minimum atomic E-state index is -2.58. The Balaban J connectivity index is 1.83. The molecule has 0 aliphatic heterocycles. The zero-order valence-electron chi connectivity index (χ0n) is 10.5. The van der Waals surface area contributed by atoms with E-state index in [0.29, 0.717) is 23.3 Å². The van der Waals surface area contributed by atoms with E-state index in [4.69, 9.17) is 4.74 Å². The van der Waals surface area contributed by atoms with Crippen molar-refractivity contribution in [3.63, 3.8) is 0 Å². The molecule has 0 bridgehead atoms. The molecule has 3 rings (SSSR count). The Morgan fingerprint density at radius 2 is 1.90 bits per heavy atom. The Hall–Kier alpha value is -2.43. The van der Waals surface area contributed by atoms with Crippen molar-refractivity contribution in [3.05, 3.63) is 59.8 Å². The number of hydrogen-bond acceptors (Lipinski definition) is 2. The number of aromatic nitrogens is 2. The van der Waals surface area contributed by atoms with Crippen molar-refractivity contribution >= 4 is 10.9 Å². The smallest absolute Gasteiger partial charge is 0.280 e. The maximum absolute atomic E-state index is 12.8. The molecule has 1 heterocycles. The summed E-state index contributed by atoms with van der Waals surface area (Å²) in [5.74, 6) is 0.546. The number of ether oxygens (including phenoxy) is 1. The fourth-order valence-electron chi connectivity index (χ4n) is 2.01. The minimum Gasteiger partial charge on any atom is -0.489 e. The molecule has 0 atom stereocenters. The third-order valence-electron chi connectivity index (χ3n) is 3.02. The van der Waals surface area contributed by atoms with E-state index in [0.717, 1.165) is 5.56 Å². The molecule has 3 nitrogen and oxygen atoms in total. The average Bonchev–Trinajstić information content (AvgIpc) is 2.89. The van der Waals surface area contributed by atoms with Crippen molar-refractivity contribution in [2.24, 2.45) is 0 Å². The van der Waals surface area contributed by atoms with E-state index in [1.165, 1.54) is 0 Å². The molecule has 0 saturated carbocycles. The summed E-state index contributed by atoms with van der Waals surface area (Å²) >= 11 is 0. The van der Waals surface area contributed by atoms with Crippen molar-refractivity contribution in [2.45, 2.75) is 13.0 Å². The summed E-state index contributed by atoms with van der Waals surface area (Å²) in [6.45, 7) is 0.397. The standard InChI is InChI=1S/C15H12F2N2O/c16-15(17)14-12-8-11(6-7-13(12)18-19-14)20-9-10-4-2-1-3-5-10/h1-8,15H,9H2,(H,18,19). The predicted molar refractivity (Wildman–Crippen MR) is 71.8 cm³/mol.